The summed E-state index contributed by atoms with van der Waals surface area (Å²) in [6, 6.07) is 13.0. The quantitative estimate of drug-likeness (QED) is 0.127. The second-order valence-corrected chi connectivity index (χ2v) is 10.1. The minimum Gasteiger partial charge on any atom is -0.489 e. The molecule has 0 saturated carbocycles. The van der Waals surface area contributed by atoms with Gasteiger partial charge in [0.05, 0.1) is 13.2 Å². The van der Waals surface area contributed by atoms with E-state index in [0.29, 0.717) is 0 Å². The van der Waals surface area contributed by atoms with E-state index >= 15 is 0 Å². The average molecular weight is 560 g/mol. The first-order chi connectivity index (χ1) is 15.7. The molecule has 0 saturated heterocycles. The first kappa shape index (κ1) is 23.6. The van der Waals surface area contributed by atoms with Crippen LogP contribution in [0.3, 0.4) is 0 Å². The van der Waals surface area contributed by atoms with Crippen LogP contribution in [0.4, 0.5) is 0 Å². The molecule has 4 aromatic carbocycles. The Kier molecular flexibility index (Phi) is 8.17. The van der Waals surface area contributed by atoms with Gasteiger partial charge in [0, 0.05) is 30.5 Å². The van der Waals surface area contributed by atoms with Crippen molar-refractivity contribution >= 4 is 64.2 Å². The van der Waals surface area contributed by atoms with Crippen LogP contribution in [0, 0.1) is 0 Å². The molecule has 0 N–H and O–H groups in total. The molecule has 0 amide bonds. The molecule has 4 rings (SSSR count). The van der Waals surface area contributed by atoms with Crippen LogP contribution in [-0.4, -0.2) is 13.2 Å². The summed E-state index contributed by atoms with van der Waals surface area (Å²) in [4.78, 5) is 0. The average Bonchev–Trinajstić information content (AvgIpc) is 2.82. The molecular weight excluding hydrogens is 528 g/mol. The van der Waals surface area contributed by atoms with Crippen LogP contribution in [0.25, 0.3) is 32.3 Å². The van der Waals surface area contributed by atoms with Crippen LogP contribution < -0.4 is 9.47 Å². The topological polar surface area (TPSA) is 18.5 Å². The summed E-state index contributed by atoms with van der Waals surface area (Å²) in [5.74, 6) is 1.80. The molecule has 0 spiro atoms. The van der Waals surface area contributed by atoms with Gasteiger partial charge in [-0.05, 0) is 55.5 Å². The van der Waals surface area contributed by atoms with E-state index in [9.17, 15) is 0 Å². The van der Waals surface area contributed by atoms with Gasteiger partial charge in [0.1, 0.15) is 0 Å². The molecule has 4 heteroatoms. The van der Waals surface area contributed by atoms with Gasteiger partial charge >= 0.3 is 0 Å². The Labute approximate surface area is 208 Å². The number of ether oxygens (including phenoxy) is 2. The zero-order valence-electron chi connectivity index (χ0n) is 19.1. The Bertz CT molecular complexity index is 1090. The van der Waals surface area contributed by atoms with Crippen molar-refractivity contribution in [2.75, 3.05) is 13.2 Å². The minimum atomic E-state index is 0.720. The third-order valence-corrected chi connectivity index (χ3v) is 8.41. The first-order valence-corrected chi connectivity index (χ1v) is 13.6. The van der Waals surface area contributed by atoms with Crippen LogP contribution in [0.15, 0.2) is 45.3 Å². The fourth-order valence-electron chi connectivity index (χ4n) is 4.56. The molecule has 0 fully saturated rings. The largest absolute Gasteiger partial charge is 0.489 e. The number of halogens is 2. The minimum absolute atomic E-state index is 0.720. The number of hydrogen-bond donors (Lipinski definition) is 0. The van der Waals surface area contributed by atoms with Gasteiger partial charge < -0.3 is 9.47 Å². The van der Waals surface area contributed by atoms with E-state index in [4.69, 9.17) is 9.47 Å². The molecule has 170 valence electrons. The maximum atomic E-state index is 6.50. The SMILES string of the molecule is CCCCCCOc1c(OCCCCCC)c2cccc3c(Br)c(Br)c4cccc1c4c32. The molecule has 0 bridgehead atoms. The van der Waals surface area contributed by atoms with E-state index in [2.05, 4.69) is 82.1 Å². The number of unbranched alkanes of at least 4 members (excludes halogenated alkanes) is 6. The van der Waals surface area contributed by atoms with Gasteiger partial charge in [-0.3, -0.25) is 0 Å². The Morgan fingerprint density at radius 1 is 0.562 bits per heavy atom. The standard InChI is InChI=1S/C28H32Br2O2/c1-3-5-7-9-17-31-27-21-15-11-13-19-23(21)24-20(26(30)25(19)29)14-12-16-22(24)28(27)32-18-10-8-6-4-2/h11-16H,3-10,17-18H2,1-2H3. The third-order valence-electron chi connectivity index (χ3n) is 6.23. The highest BCUT2D eigenvalue weighted by atomic mass is 79.9. The molecule has 0 heterocycles. The lowest BCUT2D eigenvalue weighted by Gasteiger charge is -2.21. The van der Waals surface area contributed by atoms with Gasteiger partial charge in [0.25, 0.3) is 0 Å². The van der Waals surface area contributed by atoms with Crippen molar-refractivity contribution in [2.24, 2.45) is 0 Å². The smallest absolute Gasteiger partial charge is 0.169 e. The zero-order valence-corrected chi connectivity index (χ0v) is 22.3. The number of benzene rings is 4. The Morgan fingerprint density at radius 2 is 0.969 bits per heavy atom. The van der Waals surface area contributed by atoms with Crippen LogP contribution in [0.5, 0.6) is 11.5 Å². The molecule has 0 unspecified atom stereocenters. The Balaban J connectivity index is 1.85. The normalized spacial score (nSPS) is 11.8. The zero-order chi connectivity index (χ0) is 22.5. The van der Waals surface area contributed by atoms with Crippen molar-refractivity contribution in [1.82, 2.24) is 0 Å². The van der Waals surface area contributed by atoms with Crippen molar-refractivity contribution in [3.05, 3.63) is 45.3 Å². The summed E-state index contributed by atoms with van der Waals surface area (Å²) < 4.78 is 15.2. The predicted molar refractivity (Wildman–Crippen MR) is 145 cm³/mol. The van der Waals surface area contributed by atoms with Gasteiger partial charge in [-0.15, -0.1) is 0 Å². The highest BCUT2D eigenvalue weighted by Gasteiger charge is 2.22. The van der Waals surface area contributed by atoms with Crippen molar-refractivity contribution in [1.29, 1.82) is 0 Å². The summed E-state index contributed by atoms with van der Waals surface area (Å²) in [6.07, 6.45) is 9.50. The van der Waals surface area contributed by atoms with Gasteiger partial charge in [-0.1, -0.05) is 88.8 Å². The van der Waals surface area contributed by atoms with Gasteiger partial charge in [0.2, 0.25) is 0 Å². The lowest BCUT2D eigenvalue weighted by Crippen LogP contribution is -2.05. The molecule has 0 aliphatic heterocycles. The molecule has 0 atom stereocenters. The molecule has 0 aromatic heterocycles. The number of rotatable bonds is 12. The van der Waals surface area contributed by atoms with E-state index in [1.165, 1.54) is 60.1 Å². The van der Waals surface area contributed by atoms with E-state index in [1.807, 2.05) is 0 Å². The second kappa shape index (κ2) is 11.1. The predicted octanol–water partition coefficient (Wildman–Crippen LogP) is 10.0. The Hall–Kier alpha value is -1.52. The Morgan fingerprint density at radius 3 is 1.38 bits per heavy atom. The fourth-order valence-corrected chi connectivity index (χ4v) is 5.65. The first-order valence-electron chi connectivity index (χ1n) is 12.0. The molecule has 0 aliphatic carbocycles. The second-order valence-electron chi connectivity index (χ2n) is 8.56. The van der Waals surface area contributed by atoms with Crippen LogP contribution >= 0.6 is 31.9 Å². The van der Waals surface area contributed by atoms with Crippen molar-refractivity contribution in [3.8, 4) is 11.5 Å². The third kappa shape index (κ3) is 4.59. The number of hydrogen-bond acceptors (Lipinski definition) is 2. The molecule has 2 nitrogen and oxygen atoms in total. The van der Waals surface area contributed by atoms with E-state index in [0.717, 1.165) is 57.3 Å². The van der Waals surface area contributed by atoms with E-state index in [-0.39, 0.29) is 0 Å². The summed E-state index contributed by atoms with van der Waals surface area (Å²) >= 11 is 7.66. The van der Waals surface area contributed by atoms with Crippen LogP contribution in [0.1, 0.15) is 65.2 Å². The highest BCUT2D eigenvalue weighted by molar-refractivity contribution is 9.13. The van der Waals surface area contributed by atoms with Crippen LogP contribution in [-0.2, 0) is 0 Å². The van der Waals surface area contributed by atoms with Crippen LogP contribution in [0.2, 0.25) is 0 Å². The van der Waals surface area contributed by atoms with E-state index < -0.39 is 0 Å². The summed E-state index contributed by atoms with van der Waals surface area (Å²) in [5, 5.41) is 7.16. The molecule has 4 aromatic rings. The van der Waals surface area contributed by atoms with Gasteiger partial charge in [-0.25, -0.2) is 0 Å². The van der Waals surface area contributed by atoms with Crippen molar-refractivity contribution in [2.45, 2.75) is 65.2 Å². The van der Waals surface area contributed by atoms with Crippen molar-refractivity contribution < 1.29 is 9.47 Å². The van der Waals surface area contributed by atoms with E-state index in [1.54, 1.807) is 0 Å². The van der Waals surface area contributed by atoms with Crippen molar-refractivity contribution in [3.63, 3.8) is 0 Å². The monoisotopic (exact) mass is 558 g/mol. The lowest BCUT2D eigenvalue weighted by atomic mass is 9.93. The van der Waals surface area contributed by atoms with Gasteiger partial charge in [-0.2, -0.15) is 0 Å². The summed E-state index contributed by atoms with van der Waals surface area (Å²) in [5.41, 5.74) is 0. The van der Waals surface area contributed by atoms with Gasteiger partial charge in [0.15, 0.2) is 11.5 Å². The molecule has 32 heavy (non-hydrogen) atoms. The maximum Gasteiger partial charge on any atom is 0.169 e. The lowest BCUT2D eigenvalue weighted by molar-refractivity contribution is 0.264. The summed E-state index contributed by atoms with van der Waals surface area (Å²) in [6.45, 7) is 5.92. The molecule has 0 radical (unpaired) electrons. The summed E-state index contributed by atoms with van der Waals surface area (Å²) in [7, 11) is 0. The fraction of sp³-hybridized carbons (Fsp3) is 0.429. The maximum absolute atomic E-state index is 6.50. The highest BCUT2D eigenvalue weighted by Crippen LogP contribution is 2.51. The molecular formula is C28H32Br2O2. The molecule has 0 aliphatic rings.